The van der Waals surface area contributed by atoms with Crippen molar-refractivity contribution in [1.82, 2.24) is 10.3 Å². The van der Waals surface area contributed by atoms with Crippen molar-refractivity contribution >= 4 is 11.8 Å². The van der Waals surface area contributed by atoms with Crippen molar-refractivity contribution in [3.8, 4) is 0 Å². The molecule has 1 aliphatic rings. The fraction of sp³-hybridized carbons (Fsp3) is 0.625. The Kier molecular flexibility index (Phi) is 6.00. The lowest BCUT2D eigenvalue weighted by Crippen LogP contribution is -2.40. The van der Waals surface area contributed by atoms with Gasteiger partial charge < -0.3 is 20.7 Å². The van der Waals surface area contributed by atoms with Crippen LogP contribution in [0.3, 0.4) is 0 Å². The molecule has 0 bridgehead atoms. The maximum atomic E-state index is 5.94. The minimum absolute atomic E-state index is 0.142. The molecule has 6 nitrogen and oxygen atoms in total. The predicted molar refractivity (Wildman–Crippen MR) is 90.2 cm³/mol. The highest BCUT2D eigenvalue weighted by Gasteiger charge is 2.17. The molecule has 2 rings (SSSR count). The summed E-state index contributed by atoms with van der Waals surface area (Å²) in [7, 11) is 1.67. The summed E-state index contributed by atoms with van der Waals surface area (Å²) >= 11 is 0. The van der Waals surface area contributed by atoms with Crippen LogP contribution in [0.1, 0.15) is 31.0 Å². The van der Waals surface area contributed by atoms with Gasteiger partial charge in [-0.15, -0.1) is 0 Å². The topological polar surface area (TPSA) is 75.8 Å². The van der Waals surface area contributed by atoms with E-state index in [1.54, 1.807) is 7.11 Å². The molecule has 3 N–H and O–H groups in total. The first-order valence-electron chi connectivity index (χ1n) is 7.87. The molecule has 22 heavy (non-hydrogen) atoms. The lowest BCUT2D eigenvalue weighted by Gasteiger charge is -2.20. The van der Waals surface area contributed by atoms with Crippen LogP contribution in [0.25, 0.3) is 0 Å². The fourth-order valence-electron chi connectivity index (χ4n) is 2.66. The highest BCUT2D eigenvalue weighted by atomic mass is 16.5. The molecule has 1 saturated heterocycles. The lowest BCUT2D eigenvalue weighted by atomic mass is 10.2. The molecule has 0 aromatic carbocycles. The Morgan fingerprint density at radius 2 is 2.18 bits per heavy atom. The summed E-state index contributed by atoms with van der Waals surface area (Å²) < 4.78 is 5.08. The highest BCUT2D eigenvalue weighted by molar-refractivity contribution is 5.78. The SMILES string of the molecule is COCC(C)NC(N)=NCc1ccc(C)nc1N1CCCC1. The van der Waals surface area contributed by atoms with Gasteiger partial charge in [0.2, 0.25) is 0 Å². The van der Waals surface area contributed by atoms with Crippen LogP contribution in [0, 0.1) is 6.92 Å². The largest absolute Gasteiger partial charge is 0.383 e. The summed E-state index contributed by atoms with van der Waals surface area (Å²) in [5, 5.41) is 3.12. The first kappa shape index (κ1) is 16.5. The Balaban J connectivity index is 2.05. The van der Waals surface area contributed by atoms with E-state index in [4.69, 9.17) is 15.5 Å². The number of nitrogens with one attached hydrogen (secondary N) is 1. The zero-order chi connectivity index (χ0) is 15.9. The third kappa shape index (κ3) is 4.59. The lowest BCUT2D eigenvalue weighted by molar-refractivity contribution is 0.179. The Bertz CT molecular complexity index is 511. The smallest absolute Gasteiger partial charge is 0.189 e. The number of guanidine groups is 1. The Labute approximate surface area is 132 Å². The van der Waals surface area contributed by atoms with Crippen LogP contribution in [0.5, 0.6) is 0 Å². The van der Waals surface area contributed by atoms with Crippen molar-refractivity contribution in [3.05, 3.63) is 23.4 Å². The van der Waals surface area contributed by atoms with Gasteiger partial charge in [0.1, 0.15) is 5.82 Å². The molecule has 1 aromatic rings. The maximum absolute atomic E-state index is 5.94. The molecule has 1 fully saturated rings. The number of nitrogens with zero attached hydrogens (tertiary/aromatic N) is 3. The van der Waals surface area contributed by atoms with E-state index in [1.165, 1.54) is 12.8 Å². The second-order valence-corrected chi connectivity index (χ2v) is 5.83. The minimum atomic E-state index is 0.142. The third-order valence-corrected chi connectivity index (χ3v) is 3.73. The van der Waals surface area contributed by atoms with Gasteiger partial charge in [0.25, 0.3) is 0 Å². The quantitative estimate of drug-likeness (QED) is 0.614. The molecule has 1 atom stereocenters. The number of hydrogen-bond acceptors (Lipinski definition) is 4. The van der Waals surface area contributed by atoms with Gasteiger partial charge in [-0.1, -0.05) is 6.07 Å². The van der Waals surface area contributed by atoms with Gasteiger partial charge in [0, 0.05) is 37.5 Å². The van der Waals surface area contributed by atoms with Crippen molar-refractivity contribution in [2.75, 3.05) is 31.7 Å². The number of rotatable bonds is 6. The second kappa shape index (κ2) is 7.98. The average molecular weight is 305 g/mol. The van der Waals surface area contributed by atoms with E-state index in [0.29, 0.717) is 19.1 Å². The molecule has 0 spiro atoms. The molecule has 1 aliphatic heterocycles. The normalized spacial score (nSPS) is 16.9. The summed E-state index contributed by atoms with van der Waals surface area (Å²) in [5.74, 6) is 1.50. The summed E-state index contributed by atoms with van der Waals surface area (Å²) in [4.78, 5) is 11.5. The Morgan fingerprint density at radius 1 is 1.45 bits per heavy atom. The summed E-state index contributed by atoms with van der Waals surface area (Å²) in [6, 6.07) is 4.27. The van der Waals surface area contributed by atoms with E-state index >= 15 is 0 Å². The number of pyridine rings is 1. The Morgan fingerprint density at radius 3 is 2.86 bits per heavy atom. The van der Waals surface area contributed by atoms with Crippen LogP contribution in [-0.4, -0.2) is 43.8 Å². The van der Waals surface area contributed by atoms with E-state index < -0.39 is 0 Å². The van der Waals surface area contributed by atoms with Gasteiger partial charge in [-0.05, 0) is 32.8 Å². The van der Waals surface area contributed by atoms with E-state index in [0.717, 1.165) is 30.2 Å². The van der Waals surface area contributed by atoms with Crippen LogP contribution in [-0.2, 0) is 11.3 Å². The molecule has 2 heterocycles. The van der Waals surface area contributed by atoms with Crippen LogP contribution < -0.4 is 16.0 Å². The Hall–Kier alpha value is -1.82. The number of aryl methyl sites for hydroxylation is 1. The zero-order valence-corrected chi connectivity index (χ0v) is 13.8. The van der Waals surface area contributed by atoms with Crippen LogP contribution >= 0.6 is 0 Å². The summed E-state index contributed by atoms with van der Waals surface area (Å²) in [6.45, 7) is 7.32. The zero-order valence-electron chi connectivity index (χ0n) is 13.8. The summed E-state index contributed by atoms with van der Waals surface area (Å²) in [5.41, 5.74) is 8.09. The predicted octanol–water partition coefficient (Wildman–Crippen LogP) is 1.43. The second-order valence-electron chi connectivity index (χ2n) is 5.83. The maximum Gasteiger partial charge on any atom is 0.189 e. The van der Waals surface area contributed by atoms with E-state index in [1.807, 2.05) is 19.9 Å². The monoisotopic (exact) mass is 305 g/mol. The number of anilines is 1. The van der Waals surface area contributed by atoms with E-state index in [2.05, 4.69) is 21.3 Å². The number of ether oxygens (including phenoxy) is 1. The van der Waals surface area contributed by atoms with Crippen molar-refractivity contribution in [3.63, 3.8) is 0 Å². The minimum Gasteiger partial charge on any atom is -0.383 e. The third-order valence-electron chi connectivity index (χ3n) is 3.73. The van der Waals surface area contributed by atoms with Gasteiger partial charge in [0.05, 0.1) is 13.2 Å². The van der Waals surface area contributed by atoms with E-state index in [-0.39, 0.29) is 6.04 Å². The number of nitrogens with two attached hydrogens (primary N) is 1. The van der Waals surface area contributed by atoms with Gasteiger partial charge in [-0.3, -0.25) is 0 Å². The van der Waals surface area contributed by atoms with Crippen molar-refractivity contribution in [2.45, 2.75) is 39.3 Å². The molecule has 0 radical (unpaired) electrons. The molecule has 122 valence electrons. The van der Waals surface area contributed by atoms with Crippen molar-refractivity contribution < 1.29 is 4.74 Å². The molecule has 0 saturated carbocycles. The van der Waals surface area contributed by atoms with Gasteiger partial charge in [-0.25, -0.2) is 9.98 Å². The molecular formula is C16H27N5O. The summed E-state index contributed by atoms with van der Waals surface area (Å²) in [6.07, 6.45) is 2.47. The van der Waals surface area contributed by atoms with Crippen LogP contribution in [0.15, 0.2) is 17.1 Å². The first-order chi connectivity index (χ1) is 10.6. The number of aromatic nitrogens is 1. The molecule has 6 heteroatoms. The average Bonchev–Trinajstić information content (AvgIpc) is 3.00. The van der Waals surface area contributed by atoms with Gasteiger partial charge in [-0.2, -0.15) is 0 Å². The number of aliphatic imine (C=N–C) groups is 1. The standard InChI is InChI=1S/C16H27N5O/c1-12-6-7-14(15(19-12)21-8-4-5-9-21)10-18-16(17)20-13(2)11-22-3/h6-7,13H,4-5,8-11H2,1-3H3,(H3,17,18,20). The first-order valence-corrected chi connectivity index (χ1v) is 7.87. The van der Waals surface area contributed by atoms with Crippen molar-refractivity contribution in [2.24, 2.45) is 10.7 Å². The fourth-order valence-corrected chi connectivity index (χ4v) is 2.66. The van der Waals surface area contributed by atoms with Gasteiger partial charge >= 0.3 is 0 Å². The molecule has 1 unspecified atom stereocenters. The molecule has 0 aliphatic carbocycles. The van der Waals surface area contributed by atoms with Gasteiger partial charge in [0.15, 0.2) is 5.96 Å². The van der Waals surface area contributed by atoms with Crippen molar-refractivity contribution in [1.29, 1.82) is 0 Å². The van der Waals surface area contributed by atoms with Crippen LogP contribution in [0.2, 0.25) is 0 Å². The molecule has 0 amide bonds. The van der Waals surface area contributed by atoms with E-state index in [9.17, 15) is 0 Å². The highest BCUT2D eigenvalue weighted by Crippen LogP contribution is 2.23. The van der Waals surface area contributed by atoms with Crippen LogP contribution in [0.4, 0.5) is 5.82 Å². The molecule has 1 aromatic heterocycles. The number of hydrogen-bond donors (Lipinski definition) is 2. The number of methoxy groups -OCH3 is 1. The molecular weight excluding hydrogens is 278 g/mol.